The highest BCUT2D eigenvalue weighted by Crippen LogP contribution is 2.79. The van der Waals surface area contributed by atoms with Gasteiger partial charge in [0.1, 0.15) is 0 Å². The molecule has 1 aliphatic rings. The van der Waals surface area contributed by atoms with Crippen molar-refractivity contribution in [2.75, 3.05) is 0 Å². The first-order valence-electron chi connectivity index (χ1n) is 7.35. The van der Waals surface area contributed by atoms with Crippen LogP contribution in [0.3, 0.4) is 0 Å². The SMILES string of the molecule is Cc1ccc(C2OP(=O)(O)C(O)(Cc3cccnc3)P(=O)(O)O2)cc1. The quantitative estimate of drug-likeness (QED) is 0.689. The van der Waals surface area contributed by atoms with Gasteiger partial charge in [0.05, 0.1) is 0 Å². The molecule has 2 atom stereocenters. The number of pyridine rings is 1. The molecule has 1 fully saturated rings. The summed E-state index contributed by atoms with van der Waals surface area (Å²) in [4.78, 5) is 24.3. The number of aromatic nitrogens is 1. The van der Waals surface area contributed by atoms with E-state index < -0.39 is 33.0 Å². The summed E-state index contributed by atoms with van der Waals surface area (Å²) < 4.78 is 35.2. The van der Waals surface area contributed by atoms with Crippen molar-refractivity contribution in [2.24, 2.45) is 0 Å². The van der Waals surface area contributed by atoms with Crippen molar-refractivity contribution in [3.8, 4) is 0 Å². The molecule has 1 aromatic carbocycles. The van der Waals surface area contributed by atoms with Gasteiger partial charge >= 0.3 is 15.2 Å². The third-order valence-corrected chi connectivity index (χ3v) is 8.49. The van der Waals surface area contributed by atoms with Crippen molar-refractivity contribution in [1.29, 1.82) is 0 Å². The van der Waals surface area contributed by atoms with Gasteiger partial charge in [-0.15, -0.1) is 0 Å². The molecular weight excluding hydrogens is 368 g/mol. The van der Waals surface area contributed by atoms with E-state index in [0.29, 0.717) is 0 Å². The fraction of sp³-hybridized carbons (Fsp3) is 0.267. The Morgan fingerprint density at radius 2 is 1.72 bits per heavy atom. The van der Waals surface area contributed by atoms with Crippen LogP contribution in [0.15, 0.2) is 48.8 Å². The minimum atomic E-state index is -4.94. The third kappa shape index (κ3) is 3.35. The van der Waals surface area contributed by atoms with Gasteiger partial charge in [-0.05, 0) is 18.6 Å². The lowest BCUT2D eigenvalue weighted by atomic mass is 10.1. The number of aliphatic hydroxyl groups is 1. The normalized spacial score (nSPS) is 35.4. The topological polar surface area (TPSA) is 126 Å². The molecule has 0 amide bonds. The molecule has 0 spiro atoms. The Kier molecular flexibility index (Phi) is 4.73. The van der Waals surface area contributed by atoms with Crippen LogP contribution in [-0.4, -0.2) is 25.0 Å². The zero-order valence-electron chi connectivity index (χ0n) is 13.2. The average molecular weight is 385 g/mol. The van der Waals surface area contributed by atoms with Crippen LogP contribution in [0.1, 0.15) is 23.0 Å². The van der Waals surface area contributed by atoms with Crippen LogP contribution in [0.2, 0.25) is 0 Å². The van der Waals surface area contributed by atoms with Crippen molar-refractivity contribution < 1.29 is 33.1 Å². The highest BCUT2D eigenvalue weighted by atomic mass is 31.2. The van der Waals surface area contributed by atoms with Crippen LogP contribution in [0.4, 0.5) is 0 Å². The van der Waals surface area contributed by atoms with Crippen molar-refractivity contribution >= 4 is 15.2 Å². The molecule has 0 saturated carbocycles. The van der Waals surface area contributed by atoms with Gasteiger partial charge in [-0.1, -0.05) is 35.9 Å². The van der Waals surface area contributed by atoms with Gasteiger partial charge in [0.2, 0.25) is 6.29 Å². The van der Waals surface area contributed by atoms with Crippen molar-refractivity contribution in [3.05, 3.63) is 65.5 Å². The summed E-state index contributed by atoms with van der Waals surface area (Å²) in [5.41, 5.74) is 1.50. The minimum absolute atomic E-state index is 0.287. The number of hydrogen-bond acceptors (Lipinski definition) is 6. The van der Waals surface area contributed by atoms with Gasteiger partial charge in [-0.2, -0.15) is 0 Å². The lowest BCUT2D eigenvalue weighted by Gasteiger charge is -2.41. The Bertz CT molecular complexity index is 830. The summed E-state index contributed by atoms with van der Waals surface area (Å²) in [6.07, 6.45) is 0.611. The predicted octanol–water partition coefficient (Wildman–Crippen LogP) is 2.70. The maximum Gasteiger partial charge on any atom is 0.374 e. The van der Waals surface area contributed by atoms with E-state index in [2.05, 4.69) is 4.98 Å². The number of hydrogen-bond donors (Lipinski definition) is 3. The molecule has 2 unspecified atom stereocenters. The Hall–Kier alpha value is -1.37. The first-order chi connectivity index (χ1) is 11.6. The zero-order chi connectivity index (χ0) is 18.3. The predicted molar refractivity (Wildman–Crippen MR) is 88.6 cm³/mol. The summed E-state index contributed by atoms with van der Waals surface area (Å²) in [5.74, 6) is 0. The van der Waals surface area contributed by atoms with Crippen LogP contribution < -0.4 is 0 Å². The zero-order valence-corrected chi connectivity index (χ0v) is 15.0. The molecule has 0 bridgehead atoms. The van der Waals surface area contributed by atoms with Crippen molar-refractivity contribution in [2.45, 2.75) is 24.7 Å². The molecule has 0 radical (unpaired) electrons. The van der Waals surface area contributed by atoms with Gasteiger partial charge in [0.25, 0.3) is 5.08 Å². The summed E-state index contributed by atoms with van der Waals surface area (Å²) in [7, 11) is -9.88. The van der Waals surface area contributed by atoms with Gasteiger partial charge in [-0.25, -0.2) is 0 Å². The smallest absolute Gasteiger partial charge is 0.367 e. The maximum absolute atomic E-state index is 12.6. The Labute approximate surface area is 144 Å². The Morgan fingerprint density at radius 3 is 2.24 bits per heavy atom. The van der Waals surface area contributed by atoms with Gasteiger partial charge in [-0.3, -0.25) is 23.2 Å². The molecule has 25 heavy (non-hydrogen) atoms. The fourth-order valence-electron chi connectivity index (χ4n) is 2.43. The summed E-state index contributed by atoms with van der Waals surface area (Å²) in [6.45, 7) is 1.84. The molecule has 134 valence electrons. The number of aryl methyl sites for hydroxylation is 1. The number of nitrogens with zero attached hydrogens (tertiary/aromatic N) is 1. The highest BCUT2D eigenvalue weighted by molar-refractivity contribution is 7.73. The van der Waals surface area contributed by atoms with Crippen LogP contribution in [0, 0.1) is 6.92 Å². The lowest BCUT2D eigenvalue weighted by molar-refractivity contribution is -0.0579. The standard InChI is InChI=1S/C15H17NO7P2/c1-11-4-6-13(7-5-11)14-22-24(18,19)15(17,25(20,21)23-14)9-12-3-2-8-16-10-12/h2-8,10,14,17H,9H2,1H3,(H,18,19)(H,20,21). The van der Waals surface area contributed by atoms with Crippen LogP contribution in [0.5, 0.6) is 0 Å². The van der Waals surface area contributed by atoms with E-state index in [-0.39, 0.29) is 11.1 Å². The highest BCUT2D eigenvalue weighted by Gasteiger charge is 2.67. The van der Waals surface area contributed by atoms with Gasteiger partial charge in [0, 0.05) is 24.4 Å². The Morgan fingerprint density at radius 1 is 1.12 bits per heavy atom. The van der Waals surface area contributed by atoms with Crippen molar-refractivity contribution in [1.82, 2.24) is 4.98 Å². The van der Waals surface area contributed by atoms with E-state index in [4.69, 9.17) is 9.05 Å². The molecule has 0 aliphatic carbocycles. The third-order valence-electron chi connectivity index (χ3n) is 3.90. The van der Waals surface area contributed by atoms with E-state index in [1.807, 2.05) is 6.92 Å². The van der Waals surface area contributed by atoms with Gasteiger partial charge < -0.3 is 14.9 Å². The van der Waals surface area contributed by atoms with E-state index in [1.165, 1.54) is 24.5 Å². The first kappa shape index (κ1) is 18.4. The number of benzene rings is 1. The molecule has 2 heterocycles. The maximum atomic E-state index is 12.6. The number of rotatable bonds is 3. The summed E-state index contributed by atoms with van der Waals surface area (Å²) >= 11 is 0. The van der Waals surface area contributed by atoms with Crippen LogP contribution >= 0.6 is 15.2 Å². The fourth-order valence-corrected chi connectivity index (χ4v) is 6.01. The van der Waals surface area contributed by atoms with Crippen molar-refractivity contribution in [3.63, 3.8) is 0 Å². The molecule has 1 aromatic heterocycles. The molecule has 1 aliphatic heterocycles. The minimum Gasteiger partial charge on any atom is -0.367 e. The van der Waals surface area contributed by atoms with E-state index in [0.717, 1.165) is 5.56 Å². The molecule has 10 heteroatoms. The largest absolute Gasteiger partial charge is 0.374 e. The molecular formula is C15H17NO7P2. The second kappa shape index (κ2) is 6.41. The molecule has 8 nitrogen and oxygen atoms in total. The molecule has 3 N–H and O–H groups in total. The van der Waals surface area contributed by atoms with E-state index >= 15 is 0 Å². The first-order valence-corrected chi connectivity index (χ1v) is 10.5. The molecule has 1 saturated heterocycles. The Balaban J connectivity index is 1.96. The molecule has 2 aromatic rings. The summed E-state index contributed by atoms with van der Waals surface area (Å²) in [5, 5.41) is 7.60. The van der Waals surface area contributed by atoms with E-state index in [9.17, 15) is 24.0 Å². The lowest BCUT2D eigenvalue weighted by Crippen LogP contribution is -2.37. The second-order valence-corrected chi connectivity index (χ2v) is 10.1. The second-order valence-electron chi connectivity index (χ2n) is 5.81. The summed E-state index contributed by atoms with van der Waals surface area (Å²) in [6, 6.07) is 9.52. The average Bonchev–Trinajstić information content (AvgIpc) is 2.54. The van der Waals surface area contributed by atoms with Crippen LogP contribution in [0.25, 0.3) is 0 Å². The van der Waals surface area contributed by atoms with E-state index in [1.54, 1.807) is 24.3 Å². The monoisotopic (exact) mass is 385 g/mol. The van der Waals surface area contributed by atoms with Gasteiger partial charge in [0.15, 0.2) is 0 Å². The van der Waals surface area contributed by atoms with Crippen LogP contribution in [-0.2, 0) is 24.6 Å². The molecule has 3 rings (SSSR count).